The van der Waals surface area contributed by atoms with E-state index in [-0.39, 0.29) is 16.5 Å². The van der Waals surface area contributed by atoms with E-state index in [1.807, 2.05) is 31.2 Å². The fourth-order valence-corrected chi connectivity index (χ4v) is 2.99. The number of ether oxygens (including phenoxy) is 1. The quantitative estimate of drug-likeness (QED) is 0.615. The van der Waals surface area contributed by atoms with Crippen molar-refractivity contribution in [2.45, 2.75) is 40.3 Å². The van der Waals surface area contributed by atoms with Gasteiger partial charge < -0.3 is 14.6 Å². The zero-order valence-corrected chi connectivity index (χ0v) is 17.3. The van der Waals surface area contributed by atoms with Gasteiger partial charge in [-0.25, -0.2) is 9.48 Å². The first kappa shape index (κ1) is 20.6. The summed E-state index contributed by atoms with van der Waals surface area (Å²) in [6, 6.07) is 9.48. The fourth-order valence-electron chi connectivity index (χ4n) is 2.68. The van der Waals surface area contributed by atoms with Gasteiger partial charge in [-0.05, 0) is 33.3 Å². The molecule has 0 aliphatic rings. The summed E-state index contributed by atoms with van der Waals surface area (Å²) >= 11 is 6.38. The molecule has 1 atom stereocenters. The number of carbonyl (C=O) groups excluding carboxylic acids is 2. The largest absolute Gasteiger partial charge is 0.449 e. The molecule has 8 nitrogen and oxygen atoms in total. The minimum absolute atomic E-state index is 0.135. The molecule has 0 spiro atoms. The first-order chi connectivity index (χ1) is 13.7. The Bertz CT molecular complexity index is 1040. The van der Waals surface area contributed by atoms with Crippen LogP contribution >= 0.6 is 11.6 Å². The number of carbonyl (C=O) groups is 2. The average Bonchev–Trinajstić information content (AvgIpc) is 3.19. The lowest BCUT2D eigenvalue weighted by molar-refractivity contribution is -0.123. The molecule has 2 aromatic heterocycles. The number of rotatable bonds is 6. The van der Waals surface area contributed by atoms with Crippen LogP contribution in [0.5, 0.6) is 0 Å². The van der Waals surface area contributed by atoms with Crippen molar-refractivity contribution in [2.75, 3.05) is 5.32 Å². The summed E-state index contributed by atoms with van der Waals surface area (Å²) in [5.74, 6) is -0.460. The second-order valence-corrected chi connectivity index (χ2v) is 7.11. The monoisotopic (exact) mass is 416 g/mol. The van der Waals surface area contributed by atoms with Crippen LogP contribution in [0, 0.1) is 20.8 Å². The number of hydrogen-bond donors (Lipinski definition) is 1. The number of amides is 1. The van der Waals surface area contributed by atoms with Crippen LogP contribution in [0.1, 0.15) is 39.9 Å². The minimum atomic E-state index is -1.06. The smallest absolute Gasteiger partial charge is 0.343 e. The van der Waals surface area contributed by atoms with Crippen molar-refractivity contribution in [2.24, 2.45) is 0 Å². The Kier molecular flexibility index (Phi) is 6.03. The van der Waals surface area contributed by atoms with Gasteiger partial charge in [0.05, 0.1) is 12.2 Å². The normalized spacial score (nSPS) is 11.9. The maximum Gasteiger partial charge on any atom is 0.343 e. The van der Waals surface area contributed by atoms with E-state index in [0.717, 1.165) is 11.1 Å². The van der Waals surface area contributed by atoms with E-state index in [4.69, 9.17) is 20.9 Å². The van der Waals surface area contributed by atoms with Crippen molar-refractivity contribution >= 4 is 29.3 Å². The molecule has 9 heteroatoms. The Labute approximate surface area is 172 Å². The predicted molar refractivity (Wildman–Crippen MR) is 107 cm³/mol. The molecule has 3 rings (SSSR count). The SMILES string of the molecule is Cc1ccc(Cn2nc(C)c(C(=O)O[C@@H](C)C(=O)Nc3cc(C)on3)c2Cl)cc1. The van der Waals surface area contributed by atoms with Crippen molar-refractivity contribution < 1.29 is 18.8 Å². The summed E-state index contributed by atoms with van der Waals surface area (Å²) in [5.41, 5.74) is 2.70. The molecular formula is C20H21ClN4O4. The molecule has 0 aliphatic carbocycles. The molecule has 1 N–H and O–H groups in total. The van der Waals surface area contributed by atoms with Crippen LogP contribution in [0.15, 0.2) is 34.9 Å². The first-order valence-corrected chi connectivity index (χ1v) is 9.36. The lowest BCUT2D eigenvalue weighted by atomic mass is 10.1. The standard InChI is InChI=1S/C20H21ClN4O4/c1-11-5-7-15(8-6-11)10-25-18(21)17(13(3)23-25)20(27)28-14(4)19(26)22-16-9-12(2)29-24-16/h5-9,14H,10H2,1-4H3,(H,22,24,26)/t14-/m0/s1. The summed E-state index contributed by atoms with van der Waals surface area (Å²) in [7, 11) is 0. The van der Waals surface area contributed by atoms with Crippen molar-refractivity contribution in [1.82, 2.24) is 14.9 Å². The van der Waals surface area contributed by atoms with Gasteiger partial charge in [0.2, 0.25) is 0 Å². The molecule has 0 radical (unpaired) electrons. The minimum Gasteiger partial charge on any atom is -0.449 e. The Morgan fingerprint density at radius 1 is 1.24 bits per heavy atom. The lowest BCUT2D eigenvalue weighted by Gasteiger charge is -2.12. The van der Waals surface area contributed by atoms with Crippen LogP contribution in [0.3, 0.4) is 0 Å². The molecule has 152 valence electrons. The van der Waals surface area contributed by atoms with E-state index in [0.29, 0.717) is 18.0 Å². The third-order valence-electron chi connectivity index (χ3n) is 4.25. The molecule has 1 amide bonds. The van der Waals surface area contributed by atoms with Gasteiger partial charge in [0.15, 0.2) is 11.9 Å². The van der Waals surface area contributed by atoms with E-state index >= 15 is 0 Å². The van der Waals surface area contributed by atoms with Crippen molar-refractivity contribution in [1.29, 1.82) is 0 Å². The second-order valence-electron chi connectivity index (χ2n) is 6.75. The zero-order chi connectivity index (χ0) is 21.1. The van der Waals surface area contributed by atoms with Crippen LogP contribution in [-0.4, -0.2) is 32.9 Å². The number of anilines is 1. The summed E-state index contributed by atoms with van der Waals surface area (Å²) in [6.45, 7) is 7.24. The van der Waals surface area contributed by atoms with Gasteiger partial charge in [0.1, 0.15) is 16.5 Å². The average molecular weight is 417 g/mol. The Hall–Kier alpha value is -3.13. The van der Waals surface area contributed by atoms with E-state index < -0.39 is 18.0 Å². The maximum absolute atomic E-state index is 12.6. The van der Waals surface area contributed by atoms with Gasteiger partial charge in [-0.3, -0.25) is 4.79 Å². The number of hydrogen-bond acceptors (Lipinski definition) is 6. The Morgan fingerprint density at radius 2 is 1.93 bits per heavy atom. The molecule has 3 aromatic rings. The molecule has 2 heterocycles. The van der Waals surface area contributed by atoms with E-state index in [1.165, 1.54) is 11.6 Å². The third kappa shape index (κ3) is 4.83. The summed E-state index contributed by atoms with van der Waals surface area (Å²) in [6.07, 6.45) is -1.06. The fraction of sp³-hybridized carbons (Fsp3) is 0.300. The van der Waals surface area contributed by atoms with Crippen molar-refractivity contribution in [3.8, 4) is 0 Å². The van der Waals surface area contributed by atoms with E-state index in [1.54, 1.807) is 19.9 Å². The number of nitrogens with zero attached hydrogens (tertiary/aromatic N) is 3. The molecule has 29 heavy (non-hydrogen) atoms. The highest BCUT2D eigenvalue weighted by Gasteiger charge is 2.26. The number of aryl methyl sites for hydroxylation is 3. The molecular weight excluding hydrogens is 396 g/mol. The molecule has 0 aliphatic heterocycles. The Morgan fingerprint density at radius 3 is 2.55 bits per heavy atom. The van der Waals surface area contributed by atoms with Gasteiger partial charge in [-0.1, -0.05) is 46.6 Å². The number of benzene rings is 1. The van der Waals surface area contributed by atoms with Crippen LogP contribution in [-0.2, 0) is 16.1 Å². The molecule has 0 unspecified atom stereocenters. The molecule has 0 saturated carbocycles. The van der Waals surface area contributed by atoms with E-state index in [2.05, 4.69) is 15.6 Å². The zero-order valence-electron chi connectivity index (χ0n) is 16.5. The molecule has 0 bridgehead atoms. The van der Waals surface area contributed by atoms with Gasteiger partial charge in [-0.15, -0.1) is 0 Å². The van der Waals surface area contributed by atoms with E-state index in [9.17, 15) is 9.59 Å². The lowest BCUT2D eigenvalue weighted by Crippen LogP contribution is -2.30. The van der Waals surface area contributed by atoms with Gasteiger partial charge >= 0.3 is 5.97 Å². The predicted octanol–water partition coefficient (Wildman–Crippen LogP) is 3.68. The third-order valence-corrected chi connectivity index (χ3v) is 4.64. The van der Waals surface area contributed by atoms with Gasteiger partial charge in [0, 0.05) is 6.07 Å². The topological polar surface area (TPSA) is 99.2 Å². The van der Waals surface area contributed by atoms with Crippen LogP contribution in [0.4, 0.5) is 5.82 Å². The summed E-state index contributed by atoms with van der Waals surface area (Å²) < 4.78 is 11.7. The van der Waals surface area contributed by atoms with Crippen LogP contribution in [0.25, 0.3) is 0 Å². The highest BCUT2D eigenvalue weighted by atomic mass is 35.5. The number of aromatic nitrogens is 3. The molecule has 1 aromatic carbocycles. The number of halogens is 1. The highest BCUT2D eigenvalue weighted by Crippen LogP contribution is 2.23. The highest BCUT2D eigenvalue weighted by molar-refractivity contribution is 6.32. The van der Waals surface area contributed by atoms with Gasteiger partial charge in [-0.2, -0.15) is 5.10 Å². The van der Waals surface area contributed by atoms with Crippen LogP contribution in [0.2, 0.25) is 5.15 Å². The van der Waals surface area contributed by atoms with Crippen molar-refractivity contribution in [3.63, 3.8) is 0 Å². The first-order valence-electron chi connectivity index (χ1n) is 8.98. The number of esters is 1. The summed E-state index contributed by atoms with van der Waals surface area (Å²) in [4.78, 5) is 24.8. The van der Waals surface area contributed by atoms with Crippen molar-refractivity contribution in [3.05, 3.63) is 63.6 Å². The van der Waals surface area contributed by atoms with Crippen LogP contribution < -0.4 is 5.32 Å². The Balaban J connectivity index is 1.69. The second kappa shape index (κ2) is 8.48. The molecule has 0 saturated heterocycles. The molecule has 0 fully saturated rings. The van der Waals surface area contributed by atoms with Gasteiger partial charge in [0.25, 0.3) is 5.91 Å². The summed E-state index contributed by atoms with van der Waals surface area (Å²) in [5, 5.41) is 10.7. The number of nitrogens with one attached hydrogen (secondary N) is 1. The maximum atomic E-state index is 12.6.